The van der Waals surface area contributed by atoms with Crippen LogP contribution in [0.25, 0.3) is 0 Å². The van der Waals surface area contributed by atoms with Crippen LogP contribution < -0.4 is 0 Å². The second-order valence-electron chi connectivity index (χ2n) is 3.02. The van der Waals surface area contributed by atoms with Crippen molar-refractivity contribution >= 4 is 28.9 Å². The first-order valence-corrected chi connectivity index (χ1v) is 5.52. The van der Waals surface area contributed by atoms with Gasteiger partial charge in [0.15, 0.2) is 5.78 Å². The molecule has 3 nitrogen and oxygen atoms in total. The molecule has 2 rings (SSSR count). The number of carbonyl (C=O) groups is 1. The molecule has 0 saturated heterocycles. The normalized spacial score (nSPS) is 10.2. The van der Waals surface area contributed by atoms with Gasteiger partial charge in [-0.3, -0.25) is 4.79 Å². The van der Waals surface area contributed by atoms with Crippen LogP contribution in [0.3, 0.4) is 0 Å². The molecule has 2 aromatic rings. The molecule has 0 aliphatic rings. The summed E-state index contributed by atoms with van der Waals surface area (Å²) in [6.07, 6.45) is 0.311. The summed E-state index contributed by atoms with van der Waals surface area (Å²) in [5.74, 6) is -0.0361. The molecule has 0 radical (unpaired) electrons. The van der Waals surface area contributed by atoms with E-state index in [2.05, 4.69) is 9.59 Å². The lowest BCUT2D eigenvalue weighted by Crippen LogP contribution is -2.03. The molecule has 0 aliphatic heterocycles. The summed E-state index contributed by atoms with van der Waals surface area (Å²) in [6.45, 7) is 0. The zero-order valence-corrected chi connectivity index (χ0v) is 9.26. The number of hydrogen-bond donors (Lipinski definition) is 0. The molecule has 1 aromatic carbocycles. The van der Waals surface area contributed by atoms with E-state index < -0.39 is 0 Å². The summed E-state index contributed by atoms with van der Waals surface area (Å²) in [4.78, 5) is 11.6. The molecule has 1 aromatic heterocycles. The standard InChI is InChI=1S/C10H7ClN2OS/c11-8-3-1-2-7(4-8)5-10(14)9-6-15-13-12-9/h1-4,6H,5H2. The minimum atomic E-state index is -0.0361. The zero-order chi connectivity index (χ0) is 10.7. The van der Waals surface area contributed by atoms with Crippen LogP contribution in [0.1, 0.15) is 16.1 Å². The maximum absolute atomic E-state index is 11.6. The average Bonchev–Trinajstić information content (AvgIpc) is 2.70. The zero-order valence-electron chi connectivity index (χ0n) is 7.68. The molecule has 15 heavy (non-hydrogen) atoms. The van der Waals surface area contributed by atoms with Crippen LogP contribution in [0.4, 0.5) is 0 Å². The first-order valence-electron chi connectivity index (χ1n) is 4.30. The van der Waals surface area contributed by atoms with E-state index in [1.807, 2.05) is 12.1 Å². The van der Waals surface area contributed by atoms with Crippen molar-refractivity contribution in [2.24, 2.45) is 0 Å². The topological polar surface area (TPSA) is 42.9 Å². The van der Waals surface area contributed by atoms with Gasteiger partial charge in [-0.1, -0.05) is 28.2 Å². The quantitative estimate of drug-likeness (QED) is 0.772. The van der Waals surface area contributed by atoms with E-state index in [0.29, 0.717) is 17.1 Å². The van der Waals surface area contributed by atoms with E-state index >= 15 is 0 Å². The van der Waals surface area contributed by atoms with Crippen molar-refractivity contribution in [1.29, 1.82) is 0 Å². The van der Waals surface area contributed by atoms with Crippen LogP contribution in [0, 0.1) is 0 Å². The summed E-state index contributed by atoms with van der Waals surface area (Å²) in [6, 6.07) is 7.24. The van der Waals surface area contributed by atoms with Crippen LogP contribution in [0.5, 0.6) is 0 Å². The van der Waals surface area contributed by atoms with Crippen molar-refractivity contribution in [2.45, 2.75) is 6.42 Å². The van der Waals surface area contributed by atoms with E-state index in [1.165, 1.54) is 11.5 Å². The van der Waals surface area contributed by atoms with Gasteiger partial charge in [0, 0.05) is 16.8 Å². The van der Waals surface area contributed by atoms with Crippen molar-refractivity contribution in [3.05, 3.63) is 45.9 Å². The van der Waals surface area contributed by atoms with Crippen molar-refractivity contribution < 1.29 is 4.79 Å². The number of halogens is 1. The first kappa shape index (κ1) is 10.3. The van der Waals surface area contributed by atoms with E-state index in [-0.39, 0.29) is 5.78 Å². The summed E-state index contributed by atoms with van der Waals surface area (Å²) >= 11 is 6.99. The van der Waals surface area contributed by atoms with Gasteiger partial charge >= 0.3 is 0 Å². The molecule has 0 spiro atoms. The van der Waals surface area contributed by atoms with Crippen molar-refractivity contribution in [3.63, 3.8) is 0 Å². The number of hydrogen-bond acceptors (Lipinski definition) is 4. The van der Waals surface area contributed by atoms with Gasteiger partial charge in [-0.15, -0.1) is 5.10 Å². The summed E-state index contributed by atoms with van der Waals surface area (Å²) in [5.41, 5.74) is 1.31. The van der Waals surface area contributed by atoms with Gasteiger partial charge in [-0.25, -0.2) is 0 Å². The highest BCUT2D eigenvalue weighted by Crippen LogP contribution is 2.12. The monoisotopic (exact) mass is 238 g/mol. The van der Waals surface area contributed by atoms with E-state index in [4.69, 9.17) is 11.6 Å². The summed E-state index contributed by atoms with van der Waals surface area (Å²) in [7, 11) is 0. The molecule has 5 heteroatoms. The maximum Gasteiger partial charge on any atom is 0.188 e. The fourth-order valence-corrected chi connectivity index (χ4v) is 1.88. The van der Waals surface area contributed by atoms with E-state index in [1.54, 1.807) is 17.5 Å². The molecule has 0 fully saturated rings. The molecule has 0 aliphatic carbocycles. The fourth-order valence-electron chi connectivity index (χ4n) is 1.21. The molecular formula is C10H7ClN2OS. The second-order valence-corrected chi connectivity index (χ2v) is 4.07. The number of carbonyl (C=O) groups excluding carboxylic acids is 1. The maximum atomic E-state index is 11.6. The Balaban J connectivity index is 2.13. The van der Waals surface area contributed by atoms with Crippen molar-refractivity contribution in [3.8, 4) is 0 Å². The number of nitrogens with zero attached hydrogens (tertiary/aromatic N) is 2. The largest absolute Gasteiger partial charge is 0.292 e. The molecule has 0 unspecified atom stereocenters. The van der Waals surface area contributed by atoms with Gasteiger partial charge < -0.3 is 0 Å². The van der Waals surface area contributed by atoms with Crippen LogP contribution in [-0.4, -0.2) is 15.4 Å². The summed E-state index contributed by atoms with van der Waals surface area (Å²) < 4.78 is 3.65. The van der Waals surface area contributed by atoms with E-state index in [9.17, 15) is 4.79 Å². The molecular weight excluding hydrogens is 232 g/mol. The highest BCUT2D eigenvalue weighted by molar-refractivity contribution is 7.03. The third kappa shape index (κ3) is 2.61. The lowest BCUT2D eigenvalue weighted by Gasteiger charge is -1.98. The molecule has 0 amide bonds. The molecule has 76 valence electrons. The van der Waals surface area contributed by atoms with Gasteiger partial charge in [0.2, 0.25) is 0 Å². The predicted molar refractivity (Wildman–Crippen MR) is 59.4 cm³/mol. The van der Waals surface area contributed by atoms with E-state index in [0.717, 1.165) is 5.56 Å². The lowest BCUT2D eigenvalue weighted by atomic mass is 10.1. The van der Waals surface area contributed by atoms with Gasteiger partial charge in [-0.05, 0) is 29.2 Å². The number of aromatic nitrogens is 2. The Morgan fingerprint density at radius 3 is 3.00 bits per heavy atom. The Morgan fingerprint density at radius 2 is 2.33 bits per heavy atom. The Kier molecular flexibility index (Phi) is 3.08. The van der Waals surface area contributed by atoms with Crippen molar-refractivity contribution in [2.75, 3.05) is 0 Å². The Hall–Kier alpha value is -1.26. The SMILES string of the molecule is O=C(Cc1cccc(Cl)c1)c1csnn1. The average molecular weight is 239 g/mol. The van der Waals surface area contributed by atoms with Crippen LogP contribution in [-0.2, 0) is 6.42 Å². The lowest BCUT2D eigenvalue weighted by molar-refractivity contribution is 0.0988. The van der Waals surface area contributed by atoms with Gasteiger partial charge in [-0.2, -0.15) is 0 Å². The Labute approximate surface area is 95.9 Å². The van der Waals surface area contributed by atoms with Crippen LogP contribution in [0.2, 0.25) is 5.02 Å². The highest BCUT2D eigenvalue weighted by atomic mass is 35.5. The third-order valence-electron chi connectivity index (χ3n) is 1.90. The second kappa shape index (κ2) is 4.51. The molecule has 0 saturated carbocycles. The Morgan fingerprint density at radius 1 is 1.47 bits per heavy atom. The minimum Gasteiger partial charge on any atom is -0.292 e. The Bertz CT molecular complexity index is 470. The minimum absolute atomic E-state index is 0.0361. The number of ketones is 1. The molecule has 0 atom stereocenters. The molecule has 0 bridgehead atoms. The number of benzene rings is 1. The number of Topliss-reactive ketones (excluding diaryl/α,β-unsaturated/α-hetero) is 1. The fraction of sp³-hybridized carbons (Fsp3) is 0.100. The first-order chi connectivity index (χ1) is 7.25. The van der Waals surface area contributed by atoms with Crippen LogP contribution >= 0.6 is 23.1 Å². The van der Waals surface area contributed by atoms with Gasteiger partial charge in [0.1, 0.15) is 5.69 Å². The number of rotatable bonds is 3. The third-order valence-corrected chi connectivity index (χ3v) is 2.64. The van der Waals surface area contributed by atoms with Crippen LogP contribution in [0.15, 0.2) is 29.6 Å². The van der Waals surface area contributed by atoms with Gasteiger partial charge in [0.25, 0.3) is 0 Å². The van der Waals surface area contributed by atoms with Gasteiger partial charge in [0.05, 0.1) is 0 Å². The van der Waals surface area contributed by atoms with Crippen molar-refractivity contribution in [1.82, 2.24) is 9.59 Å². The molecule has 1 heterocycles. The molecule has 0 N–H and O–H groups in total. The summed E-state index contributed by atoms with van der Waals surface area (Å²) in [5, 5.41) is 6.00. The highest BCUT2D eigenvalue weighted by Gasteiger charge is 2.09. The predicted octanol–water partition coefficient (Wildman–Crippen LogP) is 2.62. The smallest absolute Gasteiger partial charge is 0.188 e.